The molecular formula is C32H44Br2N2O4. The predicted octanol–water partition coefficient (Wildman–Crippen LogP) is 9.13. The number of carbonyl (C=O) groups excluding carboxylic acids is 2. The number of hydrogen-bond acceptors (Lipinski definition) is 4. The molecule has 0 aromatic heterocycles. The van der Waals surface area contributed by atoms with Gasteiger partial charge in [-0.05, 0) is 103 Å². The van der Waals surface area contributed by atoms with E-state index in [2.05, 4.69) is 80.4 Å². The van der Waals surface area contributed by atoms with Crippen LogP contribution in [0.1, 0.15) is 90.2 Å². The molecule has 8 heteroatoms. The molecule has 2 saturated heterocycles. The van der Waals surface area contributed by atoms with Crippen LogP contribution in [0, 0.1) is 0 Å². The number of rotatable bonds is 2. The van der Waals surface area contributed by atoms with E-state index >= 15 is 0 Å². The molecule has 2 amide bonds. The van der Waals surface area contributed by atoms with Gasteiger partial charge in [0.1, 0.15) is 11.2 Å². The Kier molecular flexibility index (Phi) is 11.5. The third kappa shape index (κ3) is 10.7. The lowest BCUT2D eigenvalue weighted by atomic mass is 9.91. The van der Waals surface area contributed by atoms with E-state index in [-0.39, 0.29) is 12.2 Å². The first-order valence-electron chi connectivity index (χ1n) is 14.2. The highest BCUT2D eigenvalue weighted by Crippen LogP contribution is 2.30. The predicted molar refractivity (Wildman–Crippen MR) is 168 cm³/mol. The molecule has 0 aliphatic carbocycles. The van der Waals surface area contributed by atoms with Crippen LogP contribution >= 0.6 is 31.9 Å². The zero-order valence-corrected chi connectivity index (χ0v) is 27.9. The zero-order chi connectivity index (χ0) is 29.5. The van der Waals surface area contributed by atoms with Gasteiger partial charge in [-0.25, -0.2) is 9.59 Å². The second-order valence-corrected chi connectivity index (χ2v) is 14.5. The second-order valence-electron chi connectivity index (χ2n) is 12.6. The fraction of sp³-hybridized carbons (Fsp3) is 0.562. The Hall–Kier alpha value is -2.06. The van der Waals surface area contributed by atoms with Crippen LogP contribution in [-0.2, 0) is 9.47 Å². The molecule has 40 heavy (non-hydrogen) atoms. The van der Waals surface area contributed by atoms with Gasteiger partial charge in [-0.2, -0.15) is 0 Å². The van der Waals surface area contributed by atoms with E-state index in [9.17, 15) is 9.59 Å². The van der Waals surface area contributed by atoms with E-state index in [0.717, 1.165) is 60.8 Å². The van der Waals surface area contributed by atoms with E-state index in [1.54, 1.807) is 0 Å². The van der Waals surface area contributed by atoms with Gasteiger partial charge in [-0.3, -0.25) is 0 Å². The molecule has 6 nitrogen and oxygen atoms in total. The zero-order valence-electron chi connectivity index (χ0n) is 24.7. The Bertz CT molecular complexity index is 1020. The van der Waals surface area contributed by atoms with Crippen molar-refractivity contribution in [2.75, 3.05) is 26.2 Å². The highest BCUT2D eigenvalue weighted by molar-refractivity contribution is 9.10. The molecule has 0 N–H and O–H groups in total. The van der Waals surface area contributed by atoms with E-state index < -0.39 is 11.2 Å². The molecule has 0 spiro atoms. The quantitative estimate of drug-likeness (QED) is 0.318. The number of likely N-dealkylation sites (tertiary alicyclic amines) is 2. The number of benzene rings is 2. The Morgan fingerprint density at radius 2 is 0.975 bits per heavy atom. The normalized spacial score (nSPS) is 19.8. The molecule has 0 bridgehead atoms. The molecule has 0 radical (unpaired) electrons. The van der Waals surface area contributed by atoms with Gasteiger partial charge in [0, 0.05) is 47.0 Å². The van der Waals surface area contributed by atoms with Gasteiger partial charge in [0.15, 0.2) is 0 Å². The van der Waals surface area contributed by atoms with Crippen LogP contribution in [0.2, 0.25) is 0 Å². The molecule has 2 aromatic carbocycles. The maximum absolute atomic E-state index is 12.1. The monoisotopic (exact) mass is 678 g/mol. The van der Waals surface area contributed by atoms with Crippen molar-refractivity contribution >= 4 is 44.0 Å². The van der Waals surface area contributed by atoms with Crippen LogP contribution in [0.15, 0.2) is 57.5 Å². The van der Waals surface area contributed by atoms with Gasteiger partial charge in [0.05, 0.1) is 0 Å². The van der Waals surface area contributed by atoms with Crippen molar-refractivity contribution < 1.29 is 19.1 Å². The maximum atomic E-state index is 12.1. The summed E-state index contributed by atoms with van der Waals surface area (Å²) in [6.45, 7) is 14.5. The Balaban J connectivity index is 0.000000220. The molecule has 4 rings (SSSR count). The van der Waals surface area contributed by atoms with Gasteiger partial charge < -0.3 is 19.3 Å². The van der Waals surface area contributed by atoms with Gasteiger partial charge >= 0.3 is 12.2 Å². The Labute approximate surface area is 257 Å². The van der Waals surface area contributed by atoms with Crippen molar-refractivity contribution in [2.24, 2.45) is 0 Å². The summed E-state index contributed by atoms with van der Waals surface area (Å²) in [4.78, 5) is 28.0. The topological polar surface area (TPSA) is 59.1 Å². The number of piperidine rings is 2. The second kappa shape index (κ2) is 14.2. The number of halogens is 2. The first-order valence-corrected chi connectivity index (χ1v) is 15.8. The number of nitrogens with zero attached hydrogens (tertiary/aromatic N) is 2. The lowest BCUT2D eigenvalue weighted by Crippen LogP contribution is -2.42. The lowest BCUT2D eigenvalue weighted by Gasteiger charge is -2.34. The summed E-state index contributed by atoms with van der Waals surface area (Å²) in [7, 11) is 0. The van der Waals surface area contributed by atoms with Crippen LogP contribution in [0.4, 0.5) is 9.59 Å². The van der Waals surface area contributed by atoms with E-state index in [1.807, 2.05) is 51.3 Å². The molecule has 2 aromatic rings. The summed E-state index contributed by atoms with van der Waals surface area (Å²) < 4.78 is 13.1. The summed E-state index contributed by atoms with van der Waals surface area (Å²) in [5.74, 6) is 0.814. The number of hydrogen-bond donors (Lipinski definition) is 0. The summed E-state index contributed by atoms with van der Waals surface area (Å²) in [5, 5.41) is 0. The van der Waals surface area contributed by atoms with Gasteiger partial charge in [-0.1, -0.05) is 56.1 Å². The molecule has 2 aliphatic heterocycles. The number of amides is 2. The van der Waals surface area contributed by atoms with Crippen molar-refractivity contribution in [1.29, 1.82) is 0 Å². The minimum absolute atomic E-state index is 0.195. The fourth-order valence-corrected chi connectivity index (χ4v) is 5.48. The third-order valence-corrected chi connectivity index (χ3v) is 7.89. The van der Waals surface area contributed by atoms with Crippen molar-refractivity contribution in [1.82, 2.24) is 9.80 Å². The van der Waals surface area contributed by atoms with E-state index in [1.165, 1.54) is 11.1 Å². The molecular weight excluding hydrogens is 636 g/mol. The molecule has 2 atom stereocenters. The molecule has 0 saturated carbocycles. The SMILES string of the molecule is CC(C)(C)OC(=O)N1CCCC(c2ccc(Br)cc2)C1.CC(C)(C)OC(=O)N1CCCC(c2ccc(Br)cc2)C1. The van der Waals surface area contributed by atoms with Gasteiger partial charge in [-0.15, -0.1) is 0 Å². The Morgan fingerprint density at radius 3 is 1.27 bits per heavy atom. The molecule has 220 valence electrons. The van der Waals surface area contributed by atoms with Gasteiger partial charge in [0.2, 0.25) is 0 Å². The van der Waals surface area contributed by atoms with Crippen molar-refractivity contribution in [2.45, 2.75) is 90.3 Å². The van der Waals surface area contributed by atoms with E-state index in [0.29, 0.717) is 11.8 Å². The standard InChI is InChI=1S/2C16H22BrNO2/c2*1-16(2,3)20-15(19)18-10-4-5-13(11-18)12-6-8-14(17)9-7-12/h2*6-9,13H,4-5,10-11H2,1-3H3. The van der Waals surface area contributed by atoms with Crippen molar-refractivity contribution in [3.8, 4) is 0 Å². The third-order valence-electron chi connectivity index (χ3n) is 6.83. The van der Waals surface area contributed by atoms with Crippen LogP contribution in [0.5, 0.6) is 0 Å². The number of carbonyl (C=O) groups is 2. The summed E-state index contributed by atoms with van der Waals surface area (Å²) >= 11 is 6.91. The highest BCUT2D eigenvalue weighted by atomic mass is 79.9. The van der Waals surface area contributed by atoms with E-state index in [4.69, 9.17) is 9.47 Å². The van der Waals surface area contributed by atoms with Crippen molar-refractivity contribution in [3.63, 3.8) is 0 Å². The van der Waals surface area contributed by atoms with Crippen LogP contribution in [0.25, 0.3) is 0 Å². The number of ether oxygens (including phenoxy) is 2. The molecule has 2 fully saturated rings. The average Bonchev–Trinajstić information content (AvgIpc) is 2.88. The fourth-order valence-electron chi connectivity index (χ4n) is 4.95. The maximum Gasteiger partial charge on any atom is 0.410 e. The molecule has 2 aliphatic rings. The summed E-state index contributed by atoms with van der Waals surface area (Å²) in [6, 6.07) is 16.8. The minimum atomic E-state index is -0.429. The first kappa shape index (κ1) is 32.5. The van der Waals surface area contributed by atoms with Crippen LogP contribution < -0.4 is 0 Å². The van der Waals surface area contributed by atoms with Crippen LogP contribution in [-0.4, -0.2) is 59.4 Å². The minimum Gasteiger partial charge on any atom is -0.444 e. The lowest BCUT2D eigenvalue weighted by molar-refractivity contribution is 0.0188. The average molecular weight is 681 g/mol. The van der Waals surface area contributed by atoms with Gasteiger partial charge in [0.25, 0.3) is 0 Å². The molecule has 2 heterocycles. The summed E-state index contributed by atoms with van der Waals surface area (Å²) in [6.07, 6.45) is 3.92. The Morgan fingerprint density at radius 1 is 0.650 bits per heavy atom. The smallest absolute Gasteiger partial charge is 0.410 e. The highest BCUT2D eigenvalue weighted by Gasteiger charge is 2.29. The van der Waals surface area contributed by atoms with Crippen molar-refractivity contribution in [3.05, 3.63) is 68.6 Å². The first-order chi connectivity index (χ1) is 18.7. The molecule has 2 unspecified atom stereocenters. The largest absolute Gasteiger partial charge is 0.444 e. The summed E-state index contributed by atoms with van der Waals surface area (Å²) in [5.41, 5.74) is 1.73. The van der Waals surface area contributed by atoms with Crippen LogP contribution in [0.3, 0.4) is 0 Å².